The number of ether oxygens (including phenoxy) is 2. The summed E-state index contributed by atoms with van der Waals surface area (Å²) >= 11 is 0. The van der Waals surface area contributed by atoms with Crippen LogP contribution in [0.2, 0.25) is 0 Å². The van der Waals surface area contributed by atoms with Gasteiger partial charge in [-0.25, -0.2) is 4.39 Å². The molecule has 0 aliphatic carbocycles. The van der Waals surface area contributed by atoms with Gasteiger partial charge in [0.1, 0.15) is 11.6 Å². The predicted molar refractivity (Wildman–Crippen MR) is 98.9 cm³/mol. The Labute approximate surface area is 153 Å². The van der Waals surface area contributed by atoms with Gasteiger partial charge in [0.25, 0.3) is 5.91 Å². The van der Waals surface area contributed by atoms with Gasteiger partial charge in [0.2, 0.25) is 0 Å². The summed E-state index contributed by atoms with van der Waals surface area (Å²) < 4.78 is 24.7. The van der Waals surface area contributed by atoms with Crippen LogP contribution in [0.5, 0.6) is 5.75 Å². The van der Waals surface area contributed by atoms with Crippen LogP contribution in [0.1, 0.15) is 30.1 Å². The molecule has 0 spiro atoms. The molecule has 0 unspecified atom stereocenters. The maximum Gasteiger partial charge on any atom is 0.253 e. The number of rotatable bonds is 6. The van der Waals surface area contributed by atoms with Gasteiger partial charge >= 0.3 is 0 Å². The summed E-state index contributed by atoms with van der Waals surface area (Å²) in [5.74, 6) is 0.189. The van der Waals surface area contributed by atoms with Gasteiger partial charge in [-0.05, 0) is 55.7 Å². The number of methoxy groups -OCH3 is 1. The van der Waals surface area contributed by atoms with E-state index in [2.05, 4.69) is 0 Å². The zero-order valence-corrected chi connectivity index (χ0v) is 15.2. The van der Waals surface area contributed by atoms with Gasteiger partial charge < -0.3 is 14.4 Å². The van der Waals surface area contributed by atoms with E-state index >= 15 is 0 Å². The molecule has 1 saturated heterocycles. The molecule has 3 rings (SSSR count). The summed E-state index contributed by atoms with van der Waals surface area (Å²) in [6.45, 7) is 3.95. The number of hydrogen-bond donors (Lipinski definition) is 0. The fraction of sp³-hybridized carbons (Fsp3) is 0.381. The highest BCUT2D eigenvalue weighted by Crippen LogP contribution is 2.31. The molecular weight excluding hydrogens is 333 g/mol. The number of likely N-dealkylation sites (N-methyl/N-ethyl adjacent to an activating group) is 1. The molecule has 0 aromatic heterocycles. The fourth-order valence-electron chi connectivity index (χ4n) is 3.30. The number of amides is 1. The van der Waals surface area contributed by atoms with Crippen LogP contribution in [-0.2, 0) is 4.74 Å². The van der Waals surface area contributed by atoms with E-state index in [1.165, 1.54) is 12.1 Å². The average molecular weight is 357 g/mol. The first-order valence-corrected chi connectivity index (χ1v) is 8.97. The first-order valence-electron chi connectivity index (χ1n) is 8.97. The average Bonchev–Trinajstić information content (AvgIpc) is 3.19. The highest BCUT2D eigenvalue weighted by molar-refractivity contribution is 5.95. The molecule has 1 heterocycles. The van der Waals surface area contributed by atoms with Crippen molar-refractivity contribution in [3.05, 3.63) is 53.8 Å². The zero-order valence-electron chi connectivity index (χ0n) is 15.2. The van der Waals surface area contributed by atoms with Crippen molar-refractivity contribution in [1.29, 1.82) is 0 Å². The van der Waals surface area contributed by atoms with E-state index in [1.807, 2.05) is 19.1 Å². The number of carbonyl (C=O) groups is 1. The number of benzene rings is 2. The molecule has 2 aromatic rings. The Morgan fingerprint density at radius 1 is 1.31 bits per heavy atom. The number of carbonyl (C=O) groups excluding carboxylic acids is 1. The molecule has 4 nitrogen and oxygen atoms in total. The highest BCUT2D eigenvalue weighted by Gasteiger charge is 2.22. The van der Waals surface area contributed by atoms with Crippen LogP contribution in [0.4, 0.5) is 4.39 Å². The summed E-state index contributed by atoms with van der Waals surface area (Å²) in [7, 11) is 1.55. The third kappa shape index (κ3) is 4.05. The minimum absolute atomic E-state index is 0.0415. The van der Waals surface area contributed by atoms with Gasteiger partial charge in [-0.15, -0.1) is 0 Å². The van der Waals surface area contributed by atoms with Crippen molar-refractivity contribution in [2.75, 3.05) is 26.8 Å². The fourth-order valence-corrected chi connectivity index (χ4v) is 3.30. The Kier molecular flexibility index (Phi) is 5.89. The minimum Gasteiger partial charge on any atom is -0.496 e. The van der Waals surface area contributed by atoms with Gasteiger partial charge in [-0.1, -0.05) is 12.1 Å². The van der Waals surface area contributed by atoms with Crippen molar-refractivity contribution in [3.63, 3.8) is 0 Å². The van der Waals surface area contributed by atoms with Crippen molar-refractivity contribution >= 4 is 5.91 Å². The smallest absolute Gasteiger partial charge is 0.253 e. The molecule has 0 N–H and O–H groups in total. The molecule has 138 valence electrons. The number of nitrogens with zero attached hydrogens (tertiary/aromatic N) is 1. The van der Waals surface area contributed by atoms with Crippen molar-refractivity contribution in [3.8, 4) is 16.9 Å². The topological polar surface area (TPSA) is 38.8 Å². The number of hydrogen-bond acceptors (Lipinski definition) is 3. The van der Waals surface area contributed by atoms with Crippen LogP contribution in [-0.4, -0.2) is 43.7 Å². The monoisotopic (exact) mass is 357 g/mol. The summed E-state index contributed by atoms with van der Waals surface area (Å²) in [5.41, 5.74) is 1.96. The molecule has 0 bridgehead atoms. The van der Waals surface area contributed by atoms with Crippen LogP contribution >= 0.6 is 0 Å². The molecule has 1 atom stereocenters. The predicted octanol–water partition coefficient (Wildman–Crippen LogP) is 4.14. The van der Waals surface area contributed by atoms with Gasteiger partial charge in [-0.2, -0.15) is 0 Å². The SMILES string of the molecule is CCN(C[C@@H]1CCCO1)C(=O)c1cccc(-c2cc(F)ccc2OC)c1. The van der Waals surface area contributed by atoms with Gasteiger partial charge in [0.15, 0.2) is 0 Å². The van der Waals surface area contributed by atoms with Crippen molar-refractivity contribution in [1.82, 2.24) is 4.90 Å². The lowest BCUT2D eigenvalue weighted by atomic mass is 10.0. The molecule has 1 aliphatic heterocycles. The van der Waals surface area contributed by atoms with Crippen LogP contribution in [0, 0.1) is 5.82 Å². The lowest BCUT2D eigenvalue weighted by Gasteiger charge is -2.24. The van der Waals surface area contributed by atoms with E-state index in [9.17, 15) is 9.18 Å². The lowest BCUT2D eigenvalue weighted by molar-refractivity contribution is 0.0539. The Balaban J connectivity index is 1.86. The van der Waals surface area contributed by atoms with Crippen LogP contribution in [0.15, 0.2) is 42.5 Å². The maximum absolute atomic E-state index is 13.7. The second-order valence-corrected chi connectivity index (χ2v) is 6.40. The minimum atomic E-state index is -0.342. The largest absolute Gasteiger partial charge is 0.496 e. The molecule has 0 radical (unpaired) electrons. The third-order valence-corrected chi connectivity index (χ3v) is 4.70. The van der Waals surface area contributed by atoms with Crippen molar-refractivity contribution in [2.45, 2.75) is 25.9 Å². The van der Waals surface area contributed by atoms with E-state index < -0.39 is 0 Å². The summed E-state index contributed by atoms with van der Waals surface area (Å²) in [6.07, 6.45) is 2.15. The first kappa shape index (κ1) is 18.4. The van der Waals surface area contributed by atoms with Gasteiger partial charge in [-0.3, -0.25) is 4.79 Å². The van der Waals surface area contributed by atoms with Gasteiger partial charge in [0.05, 0.1) is 13.2 Å². The Bertz CT molecular complexity index is 772. The Hall–Kier alpha value is -2.40. The Morgan fingerprint density at radius 2 is 2.15 bits per heavy atom. The van der Waals surface area contributed by atoms with E-state index in [1.54, 1.807) is 30.2 Å². The summed E-state index contributed by atoms with van der Waals surface area (Å²) in [5, 5.41) is 0. The standard InChI is InChI=1S/C21H24FNO3/c1-3-23(14-18-8-5-11-26-18)21(24)16-7-4-6-15(12-16)19-13-17(22)9-10-20(19)25-2/h4,6-7,9-10,12-13,18H,3,5,8,11,14H2,1-2H3/t18-/m0/s1. The molecule has 0 saturated carbocycles. The zero-order chi connectivity index (χ0) is 18.5. The van der Waals surface area contributed by atoms with Crippen LogP contribution < -0.4 is 4.74 Å². The molecular formula is C21H24FNO3. The third-order valence-electron chi connectivity index (χ3n) is 4.70. The summed E-state index contributed by atoms with van der Waals surface area (Å²) in [6, 6.07) is 11.6. The molecule has 1 fully saturated rings. The number of halogens is 1. The van der Waals surface area contributed by atoms with E-state index in [0.29, 0.717) is 30.0 Å². The van der Waals surface area contributed by atoms with E-state index in [0.717, 1.165) is 25.0 Å². The Morgan fingerprint density at radius 3 is 2.85 bits per heavy atom. The quantitative estimate of drug-likeness (QED) is 0.780. The normalized spacial score (nSPS) is 16.5. The first-order chi connectivity index (χ1) is 12.6. The molecule has 26 heavy (non-hydrogen) atoms. The highest BCUT2D eigenvalue weighted by atomic mass is 19.1. The van der Waals surface area contributed by atoms with E-state index in [-0.39, 0.29) is 17.8 Å². The van der Waals surface area contributed by atoms with Crippen LogP contribution in [0.25, 0.3) is 11.1 Å². The van der Waals surface area contributed by atoms with Crippen molar-refractivity contribution in [2.24, 2.45) is 0 Å². The van der Waals surface area contributed by atoms with Crippen molar-refractivity contribution < 1.29 is 18.7 Å². The summed E-state index contributed by atoms with van der Waals surface area (Å²) in [4.78, 5) is 14.7. The molecule has 1 aliphatic rings. The lowest BCUT2D eigenvalue weighted by Crippen LogP contribution is -2.37. The maximum atomic E-state index is 13.7. The molecule has 2 aromatic carbocycles. The van der Waals surface area contributed by atoms with Crippen LogP contribution in [0.3, 0.4) is 0 Å². The second-order valence-electron chi connectivity index (χ2n) is 6.40. The second kappa shape index (κ2) is 8.32. The van der Waals surface area contributed by atoms with E-state index in [4.69, 9.17) is 9.47 Å². The molecule has 1 amide bonds. The molecule has 5 heteroatoms. The van der Waals surface area contributed by atoms with Gasteiger partial charge in [0, 0.05) is 30.8 Å².